The normalized spacial score (nSPS) is 15.2. The van der Waals surface area contributed by atoms with E-state index in [4.69, 9.17) is 9.47 Å². The van der Waals surface area contributed by atoms with Crippen molar-refractivity contribution in [1.29, 1.82) is 0 Å². The molecule has 2 aromatic rings. The first kappa shape index (κ1) is 17.4. The second kappa shape index (κ2) is 8.12. The van der Waals surface area contributed by atoms with Crippen LogP contribution >= 0.6 is 0 Å². The number of hydrogen-bond donors (Lipinski definition) is 2. The number of aromatic nitrogens is 1. The third kappa shape index (κ3) is 4.39. The van der Waals surface area contributed by atoms with E-state index in [1.165, 1.54) is 24.8 Å². The van der Waals surface area contributed by atoms with Crippen molar-refractivity contribution < 1.29 is 14.3 Å². The van der Waals surface area contributed by atoms with Crippen molar-refractivity contribution >= 4 is 17.3 Å². The average Bonchev–Trinajstić information content (AvgIpc) is 3.17. The molecule has 2 aliphatic rings. The SMILES string of the molecule is O=C(NCCC1=CCCCC1)c1ccc(Nc2ccc3c(c2)OCO3)cn1. The molecule has 6 heteroatoms. The lowest BCUT2D eigenvalue weighted by molar-refractivity contribution is 0.0949. The Morgan fingerprint density at radius 3 is 2.78 bits per heavy atom. The largest absolute Gasteiger partial charge is 0.454 e. The lowest BCUT2D eigenvalue weighted by Crippen LogP contribution is -2.25. The molecule has 4 rings (SSSR count). The molecule has 0 unspecified atom stereocenters. The van der Waals surface area contributed by atoms with Crippen molar-refractivity contribution in [3.05, 3.63) is 53.9 Å². The minimum Gasteiger partial charge on any atom is -0.454 e. The van der Waals surface area contributed by atoms with Gasteiger partial charge in [0.15, 0.2) is 11.5 Å². The topological polar surface area (TPSA) is 72.5 Å². The van der Waals surface area contributed by atoms with Crippen LogP contribution < -0.4 is 20.1 Å². The Morgan fingerprint density at radius 1 is 1.07 bits per heavy atom. The number of ether oxygens (including phenoxy) is 2. The maximum absolute atomic E-state index is 12.2. The van der Waals surface area contributed by atoms with Gasteiger partial charge in [-0.3, -0.25) is 4.79 Å². The summed E-state index contributed by atoms with van der Waals surface area (Å²) >= 11 is 0. The molecule has 1 aromatic heterocycles. The third-order valence-electron chi connectivity index (χ3n) is 4.77. The van der Waals surface area contributed by atoms with E-state index in [1.807, 2.05) is 24.3 Å². The van der Waals surface area contributed by atoms with Crippen molar-refractivity contribution in [2.75, 3.05) is 18.7 Å². The van der Waals surface area contributed by atoms with Crippen molar-refractivity contribution in [1.82, 2.24) is 10.3 Å². The van der Waals surface area contributed by atoms with Gasteiger partial charge in [0.25, 0.3) is 5.91 Å². The lowest BCUT2D eigenvalue weighted by atomic mass is 9.97. The van der Waals surface area contributed by atoms with E-state index < -0.39 is 0 Å². The number of allylic oxidation sites excluding steroid dienone is 1. The van der Waals surface area contributed by atoms with Gasteiger partial charge in [-0.25, -0.2) is 4.98 Å². The summed E-state index contributed by atoms with van der Waals surface area (Å²) in [6.45, 7) is 0.908. The van der Waals surface area contributed by atoms with Crippen LogP contribution in [-0.4, -0.2) is 24.2 Å². The van der Waals surface area contributed by atoms with Crippen LogP contribution in [0.2, 0.25) is 0 Å². The summed E-state index contributed by atoms with van der Waals surface area (Å²) in [6.07, 6.45) is 9.77. The van der Waals surface area contributed by atoms with Crippen LogP contribution in [-0.2, 0) is 0 Å². The van der Waals surface area contributed by atoms with Crippen LogP contribution in [0.3, 0.4) is 0 Å². The summed E-state index contributed by atoms with van der Waals surface area (Å²) in [5.41, 5.74) is 3.55. The maximum atomic E-state index is 12.2. The number of amides is 1. The van der Waals surface area contributed by atoms with E-state index in [-0.39, 0.29) is 12.7 Å². The molecule has 1 aliphatic heterocycles. The highest BCUT2D eigenvalue weighted by Crippen LogP contribution is 2.35. The summed E-state index contributed by atoms with van der Waals surface area (Å²) < 4.78 is 10.7. The number of fused-ring (bicyclic) bond motifs is 1. The van der Waals surface area contributed by atoms with E-state index >= 15 is 0 Å². The number of rotatable bonds is 6. The van der Waals surface area contributed by atoms with Crippen LogP contribution in [0.4, 0.5) is 11.4 Å². The molecule has 0 spiro atoms. The molecule has 0 atom stereocenters. The van der Waals surface area contributed by atoms with E-state index in [2.05, 4.69) is 21.7 Å². The summed E-state index contributed by atoms with van der Waals surface area (Å²) in [7, 11) is 0. The molecule has 1 aromatic carbocycles. The molecular formula is C21H23N3O3. The van der Waals surface area contributed by atoms with Gasteiger partial charge in [0.1, 0.15) is 5.69 Å². The first-order valence-electron chi connectivity index (χ1n) is 9.37. The van der Waals surface area contributed by atoms with E-state index in [1.54, 1.807) is 12.3 Å². The Kier molecular flexibility index (Phi) is 5.23. The molecule has 27 heavy (non-hydrogen) atoms. The zero-order valence-corrected chi connectivity index (χ0v) is 15.2. The van der Waals surface area contributed by atoms with Gasteiger partial charge >= 0.3 is 0 Å². The van der Waals surface area contributed by atoms with Crippen molar-refractivity contribution in [3.8, 4) is 11.5 Å². The van der Waals surface area contributed by atoms with Crippen LogP contribution in [0.5, 0.6) is 11.5 Å². The predicted octanol–water partition coefficient (Wildman–Crippen LogP) is 4.17. The standard InChI is InChI=1S/C21H23N3O3/c25-21(22-11-10-15-4-2-1-3-5-15)18-8-6-17(13-23-18)24-16-7-9-19-20(12-16)27-14-26-19/h4,6-9,12-13,24H,1-3,5,10-11,14H2,(H,22,25). The van der Waals surface area contributed by atoms with Gasteiger partial charge < -0.3 is 20.1 Å². The lowest BCUT2D eigenvalue weighted by Gasteiger charge is -2.13. The molecule has 1 aliphatic carbocycles. The molecule has 0 fully saturated rings. The summed E-state index contributed by atoms with van der Waals surface area (Å²) in [6, 6.07) is 9.22. The average molecular weight is 365 g/mol. The highest BCUT2D eigenvalue weighted by Gasteiger charge is 2.13. The van der Waals surface area contributed by atoms with Crippen molar-refractivity contribution in [2.45, 2.75) is 32.1 Å². The highest BCUT2D eigenvalue weighted by atomic mass is 16.7. The molecule has 1 amide bonds. The fraction of sp³-hybridized carbons (Fsp3) is 0.333. The molecule has 140 valence electrons. The zero-order valence-electron chi connectivity index (χ0n) is 15.2. The van der Waals surface area contributed by atoms with E-state index in [0.717, 1.165) is 35.7 Å². The van der Waals surface area contributed by atoms with Gasteiger partial charge in [0, 0.05) is 18.3 Å². The fourth-order valence-electron chi connectivity index (χ4n) is 3.30. The third-order valence-corrected chi connectivity index (χ3v) is 4.77. The fourth-order valence-corrected chi connectivity index (χ4v) is 3.30. The molecular weight excluding hydrogens is 342 g/mol. The second-order valence-electron chi connectivity index (χ2n) is 6.74. The van der Waals surface area contributed by atoms with Crippen molar-refractivity contribution in [2.24, 2.45) is 0 Å². The number of hydrogen-bond acceptors (Lipinski definition) is 5. The van der Waals surface area contributed by atoms with Crippen LogP contribution in [0.25, 0.3) is 0 Å². The minimum absolute atomic E-state index is 0.138. The Balaban J connectivity index is 1.30. The monoisotopic (exact) mass is 365 g/mol. The molecule has 0 saturated heterocycles. The van der Waals surface area contributed by atoms with Gasteiger partial charge in [0.2, 0.25) is 6.79 Å². The van der Waals surface area contributed by atoms with Crippen LogP contribution in [0.1, 0.15) is 42.6 Å². The van der Waals surface area contributed by atoms with Gasteiger partial charge in [0.05, 0.1) is 11.9 Å². The van der Waals surface area contributed by atoms with E-state index in [9.17, 15) is 4.79 Å². The Hall–Kier alpha value is -3.02. The summed E-state index contributed by atoms with van der Waals surface area (Å²) in [4.78, 5) is 16.5. The minimum atomic E-state index is -0.138. The number of nitrogens with zero attached hydrogens (tertiary/aromatic N) is 1. The number of anilines is 2. The summed E-state index contributed by atoms with van der Waals surface area (Å²) in [5, 5.41) is 6.20. The number of carbonyl (C=O) groups is 1. The second-order valence-corrected chi connectivity index (χ2v) is 6.74. The Labute approximate surface area is 158 Å². The van der Waals surface area contributed by atoms with Crippen LogP contribution in [0.15, 0.2) is 48.2 Å². The molecule has 0 radical (unpaired) electrons. The molecule has 2 N–H and O–H groups in total. The number of pyridine rings is 1. The molecule has 0 saturated carbocycles. The molecule has 0 bridgehead atoms. The highest BCUT2D eigenvalue weighted by molar-refractivity contribution is 5.92. The Morgan fingerprint density at radius 2 is 1.96 bits per heavy atom. The van der Waals surface area contributed by atoms with Gasteiger partial charge in [-0.2, -0.15) is 0 Å². The van der Waals surface area contributed by atoms with Gasteiger partial charge in [-0.1, -0.05) is 11.6 Å². The smallest absolute Gasteiger partial charge is 0.269 e. The first-order valence-corrected chi connectivity index (χ1v) is 9.37. The maximum Gasteiger partial charge on any atom is 0.269 e. The zero-order chi connectivity index (χ0) is 18.5. The summed E-state index contributed by atoms with van der Waals surface area (Å²) in [5.74, 6) is 1.33. The predicted molar refractivity (Wildman–Crippen MR) is 104 cm³/mol. The van der Waals surface area contributed by atoms with Gasteiger partial charge in [-0.15, -0.1) is 0 Å². The van der Waals surface area contributed by atoms with Gasteiger partial charge in [-0.05, 0) is 56.4 Å². The number of benzene rings is 1. The molecule has 2 heterocycles. The van der Waals surface area contributed by atoms with Crippen LogP contribution in [0, 0.1) is 0 Å². The Bertz CT molecular complexity index is 846. The van der Waals surface area contributed by atoms with Crippen molar-refractivity contribution in [3.63, 3.8) is 0 Å². The first-order chi connectivity index (χ1) is 13.3. The quantitative estimate of drug-likeness (QED) is 0.752. The number of carbonyl (C=O) groups excluding carboxylic acids is 1. The number of nitrogens with one attached hydrogen (secondary N) is 2. The van der Waals surface area contributed by atoms with E-state index in [0.29, 0.717) is 12.2 Å². The molecule has 6 nitrogen and oxygen atoms in total.